The minimum Gasteiger partial charge on any atom is -0.466 e. The van der Waals surface area contributed by atoms with Gasteiger partial charge in [0, 0.05) is 12.6 Å². The fourth-order valence-corrected chi connectivity index (χ4v) is 4.63. The highest BCUT2D eigenvalue weighted by Gasteiger charge is 2.26. The van der Waals surface area contributed by atoms with Crippen molar-refractivity contribution in [3.63, 3.8) is 0 Å². The van der Waals surface area contributed by atoms with Gasteiger partial charge in [-0.1, -0.05) is 30.3 Å². The molecule has 9 nitrogen and oxygen atoms in total. The molecule has 178 valence electrons. The van der Waals surface area contributed by atoms with Crippen LogP contribution in [0.2, 0.25) is 0 Å². The van der Waals surface area contributed by atoms with Crippen LogP contribution in [0.5, 0.6) is 0 Å². The number of hydrazone groups is 1. The summed E-state index contributed by atoms with van der Waals surface area (Å²) in [6.45, 7) is 1.84. The van der Waals surface area contributed by atoms with Gasteiger partial charge in [-0.2, -0.15) is 5.10 Å². The molecule has 2 aromatic rings. The monoisotopic (exact) mass is 474 g/mol. The molecule has 1 atom stereocenters. The van der Waals surface area contributed by atoms with E-state index in [0.717, 1.165) is 24.0 Å². The maximum absolute atomic E-state index is 12.7. The fourth-order valence-electron chi connectivity index (χ4n) is 3.22. The number of aryl methyl sites for hydroxylation is 1. The van der Waals surface area contributed by atoms with Crippen LogP contribution < -0.4 is 11.2 Å². The van der Waals surface area contributed by atoms with Gasteiger partial charge in [0.2, 0.25) is 5.91 Å². The number of unbranched alkanes of at least 4 members (excludes halogenated alkanes) is 1. The normalized spacial score (nSPS) is 12.4. The number of rotatable bonds is 13. The van der Waals surface area contributed by atoms with Crippen LogP contribution in [0.15, 0.2) is 58.8 Å². The molecular weight excluding hydrogens is 444 g/mol. The van der Waals surface area contributed by atoms with Crippen molar-refractivity contribution in [2.24, 2.45) is 10.9 Å². The van der Waals surface area contributed by atoms with Crippen molar-refractivity contribution >= 4 is 27.9 Å². The second kappa shape index (κ2) is 13.3. The Bertz CT molecular complexity index is 1020. The number of sulfone groups is 1. The van der Waals surface area contributed by atoms with E-state index < -0.39 is 27.6 Å². The zero-order chi connectivity index (χ0) is 24.1. The Hall–Kier alpha value is -3.27. The average Bonchev–Trinajstić information content (AvgIpc) is 2.78. The predicted octanol–water partition coefficient (Wildman–Crippen LogP) is 2.00. The van der Waals surface area contributed by atoms with E-state index in [2.05, 4.69) is 15.4 Å². The first-order valence-corrected chi connectivity index (χ1v) is 12.4. The highest BCUT2D eigenvalue weighted by molar-refractivity contribution is 7.91. The number of nitrogens with one attached hydrogen (secondary N) is 1. The summed E-state index contributed by atoms with van der Waals surface area (Å²) in [7, 11) is -3.79. The Balaban J connectivity index is 1.89. The molecule has 33 heavy (non-hydrogen) atoms. The number of amides is 1. The van der Waals surface area contributed by atoms with Crippen LogP contribution in [0.3, 0.4) is 0 Å². The van der Waals surface area contributed by atoms with Crippen LogP contribution in [0.1, 0.15) is 43.7 Å². The van der Waals surface area contributed by atoms with E-state index in [9.17, 15) is 18.0 Å². The lowest BCUT2D eigenvalue weighted by molar-refractivity contribution is -0.143. The van der Waals surface area contributed by atoms with Gasteiger partial charge in [-0.25, -0.2) is 13.4 Å². The van der Waals surface area contributed by atoms with E-state index in [1.54, 1.807) is 25.3 Å². The molecular formula is C23H30N4O5S. The first kappa shape index (κ1) is 26.0. The summed E-state index contributed by atoms with van der Waals surface area (Å²) in [4.78, 5) is 28.3. The summed E-state index contributed by atoms with van der Waals surface area (Å²) in [6, 6.07) is 11.5. The third kappa shape index (κ3) is 9.40. The Labute approximate surface area is 194 Å². The quantitative estimate of drug-likeness (QED) is 0.149. The van der Waals surface area contributed by atoms with Gasteiger partial charge in [0.15, 0.2) is 14.9 Å². The van der Waals surface area contributed by atoms with Crippen molar-refractivity contribution < 1.29 is 22.7 Å². The molecule has 0 aliphatic carbocycles. The smallest absolute Gasteiger partial charge is 0.307 e. The maximum Gasteiger partial charge on any atom is 0.307 e. The average molecular weight is 475 g/mol. The minimum atomic E-state index is -3.79. The Morgan fingerprint density at radius 2 is 1.94 bits per heavy atom. The second-order valence-corrected chi connectivity index (χ2v) is 9.43. The number of ether oxygens (including phenoxy) is 1. The lowest BCUT2D eigenvalue weighted by Gasteiger charge is -2.18. The lowest BCUT2D eigenvalue weighted by atomic mass is 10.1. The van der Waals surface area contributed by atoms with Gasteiger partial charge in [-0.15, -0.1) is 0 Å². The Morgan fingerprint density at radius 1 is 1.18 bits per heavy atom. The van der Waals surface area contributed by atoms with Gasteiger partial charge in [0.25, 0.3) is 0 Å². The van der Waals surface area contributed by atoms with Crippen molar-refractivity contribution in [2.45, 2.75) is 50.1 Å². The van der Waals surface area contributed by atoms with Crippen molar-refractivity contribution in [1.82, 2.24) is 10.3 Å². The number of pyridine rings is 1. The van der Waals surface area contributed by atoms with Gasteiger partial charge in [0.05, 0.1) is 31.0 Å². The molecule has 0 aliphatic rings. The summed E-state index contributed by atoms with van der Waals surface area (Å²) in [5.41, 5.74) is 2.04. The molecule has 0 aliphatic heterocycles. The summed E-state index contributed by atoms with van der Waals surface area (Å²) < 4.78 is 30.3. The highest BCUT2D eigenvalue weighted by Crippen LogP contribution is 2.12. The van der Waals surface area contributed by atoms with Crippen LogP contribution in [0, 0.1) is 0 Å². The molecule has 2 rings (SSSR count). The second-order valence-electron chi connectivity index (χ2n) is 7.45. The minimum absolute atomic E-state index is 0.100. The topological polar surface area (TPSA) is 141 Å². The molecule has 0 fully saturated rings. The molecule has 1 heterocycles. The van der Waals surface area contributed by atoms with Gasteiger partial charge >= 0.3 is 5.97 Å². The standard InChI is InChI=1S/C23H30N4O5S/c1-2-32-23(29)15-20(17-33(30,31)22-9-5-6-14-25-22)27-21(28)8-4-3-7-18-10-12-19(13-11-18)16-26-24/h5-6,9-14,16,20H,2-4,7-8,15,17,24H2,1H3,(H,27,28). The lowest BCUT2D eigenvalue weighted by Crippen LogP contribution is -2.41. The number of carbonyl (C=O) groups is 2. The molecule has 3 N–H and O–H groups in total. The van der Waals surface area contributed by atoms with E-state index in [4.69, 9.17) is 10.6 Å². The number of nitrogens with zero attached hydrogens (tertiary/aromatic N) is 2. The van der Waals surface area contributed by atoms with E-state index >= 15 is 0 Å². The van der Waals surface area contributed by atoms with Crippen molar-refractivity contribution in [1.29, 1.82) is 0 Å². The van der Waals surface area contributed by atoms with Crippen LogP contribution >= 0.6 is 0 Å². The van der Waals surface area contributed by atoms with Crippen LogP contribution in [0.4, 0.5) is 0 Å². The molecule has 1 aromatic carbocycles. The van der Waals surface area contributed by atoms with E-state index in [-0.39, 0.29) is 30.4 Å². The van der Waals surface area contributed by atoms with Crippen molar-refractivity contribution in [2.75, 3.05) is 12.4 Å². The largest absolute Gasteiger partial charge is 0.466 e. The third-order valence-electron chi connectivity index (χ3n) is 4.78. The number of nitrogens with two attached hydrogens (primary N) is 1. The zero-order valence-electron chi connectivity index (χ0n) is 18.6. The first-order chi connectivity index (χ1) is 15.8. The van der Waals surface area contributed by atoms with E-state index in [0.29, 0.717) is 6.42 Å². The Morgan fingerprint density at radius 3 is 2.58 bits per heavy atom. The number of hydrogen-bond donors (Lipinski definition) is 2. The maximum atomic E-state index is 12.7. The summed E-state index contributed by atoms with van der Waals surface area (Å²) in [5.74, 6) is 3.82. The number of carbonyl (C=O) groups excluding carboxylic acids is 2. The van der Waals surface area contributed by atoms with E-state index in [1.807, 2.05) is 24.3 Å². The molecule has 1 unspecified atom stereocenters. The third-order valence-corrected chi connectivity index (χ3v) is 6.50. The molecule has 1 amide bonds. The predicted molar refractivity (Wildman–Crippen MR) is 125 cm³/mol. The number of aromatic nitrogens is 1. The van der Waals surface area contributed by atoms with Crippen LogP contribution in [-0.4, -0.2) is 49.9 Å². The summed E-state index contributed by atoms with van der Waals surface area (Å²) >= 11 is 0. The Kier molecular flexibility index (Phi) is 10.5. The fraction of sp³-hybridized carbons (Fsp3) is 0.391. The molecule has 0 saturated carbocycles. The summed E-state index contributed by atoms with van der Waals surface area (Å²) in [6.07, 6.45) is 5.14. The molecule has 10 heteroatoms. The zero-order valence-corrected chi connectivity index (χ0v) is 19.5. The van der Waals surface area contributed by atoms with Gasteiger partial charge < -0.3 is 15.9 Å². The van der Waals surface area contributed by atoms with Crippen LogP contribution in [0.25, 0.3) is 0 Å². The van der Waals surface area contributed by atoms with Gasteiger partial charge in [0.1, 0.15) is 0 Å². The number of hydrogen-bond acceptors (Lipinski definition) is 8. The SMILES string of the molecule is CCOC(=O)CC(CS(=O)(=O)c1ccccn1)NC(=O)CCCCc1ccc(C=NN)cc1. The first-order valence-electron chi connectivity index (χ1n) is 10.7. The van der Waals surface area contributed by atoms with Crippen molar-refractivity contribution in [3.05, 3.63) is 59.8 Å². The van der Waals surface area contributed by atoms with Gasteiger partial charge in [-0.3, -0.25) is 9.59 Å². The molecule has 1 aromatic heterocycles. The molecule has 0 spiro atoms. The number of benzene rings is 1. The number of esters is 1. The summed E-state index contributed by atoms with van der Waals surface area (Å²) in [5, 5.41) is 6.06. The molecule has 0 saturated heterocycles. The van der Waals surface area contributed by atoms with E-state index in [1.165, 1.54) is 12.3 Å². The highest BCUT2D eigenvalue weighted by atomic mass is 32.2. The molecule has 0 radical (unpaired) electrons. The van der Waals surface area contributed by atoms with Crippen LogP contribution in [-0.2, 0) is 30.6 Å². The molecule has 0 bridgehead atoms. The van der Waals surface area contributed by atoms with Crippen molar-refractivity contribution in [3.8, 4) is 0 Å². The van der Waals surface area contributed by atoms with Gasteiger partial charge in [-0.05, 0) is 49.4 Å².